The summed E-state index contributed by atoms with van der Waals surface area (Å²) in [5, 5.41) is 10.7. The fourth-order valence-corrected chi connectivity index (χ4v) is 1.90. The number of aryl methyl sites for hydroxylation is 2. The molecule has 0 atom stereocenters. The second kappa shape index (κ2) is 6.69. The van der Waals surface area contributed by atoms with Gasteiger partial charge in [-0.25, -0.2) is 0 Å². The van der Waals surface area contributed by atoms with Crippen LogP contribution in [0.1, 0.15) is 31.8 Å². The van der Waals surface area contributed by atoms with E-state index >= 15 is 0 Å². The average Bonchev–Trinajstić information content (AvgIpc) is 2.54. The van der Waals surface area contributed by atoms with Gasteiger partial charge >= 0.3 is 0 Å². The van der Waals surface area contributed by atoms with Gasteiger partial charge in [0, 0.05) is 23.3 Å². The molecule has 0 unspecified atom stereocenters. The van der Waals surface area contributed by atoms with E-state index < -0.39 is 16.7 Å². The van der Waals surface area contributed by atoms with Crippen LogP contribution in [0, 0.1) is 24.0 Å². The van der Waals surface area contributed by atoms with E-state index in [0.29, 0.717) is 5.56 Å². The zero-order chi connectivity index (χ0) is 17.0. The van der Waals surface area contributed by atoms with Gasteiger partial charge in [0.15, 0.2) is 0 Å². The first-order valence-corrected chi connectivity index (χ1v) is 6.81. The molecule has 2 aromatic carbocycles. The average molecular weight is 313 g/mol. The van der Waals surface area contributed by atoms with Gasteiger partial charge in [0.05, 0.1) is 4.92 Å². The summed E-state index contributed by atoms with van der Waals surface area (Å²) in [4.78, 5) is 34.0. The number of hydrazine groups is 1. The topological polar surface area (TPSA) is 101 Å². The van der Waals surface area contributed by atoms with Gasteiger partial charge in [-0.05, 0) is 43.2 Å². The third-order valence-electron chi connectivity index (χ3n) is 3.38. The molecule has 0 spiro atoms. The van der Waals surface area contributed by atoms with Crippen molar-refractivity contribution in [3.05, 3.63) is 74.8 Å². The Bertz CT molecular complexity index is 787. The number of carbonyl (C=O) groups is 2. The molecule has 0 aliphatic carbocycles. The molecule has 0 saturated heterocycles. The minimum atomic E-state index is -0.633. The number of non-ortho nitro benzene ring substituents is 1. The molecular formula is C16H15N3O4. The number of hydrogen-bond donors (Lipinski definition) is 2. The van der Waals surface area contributed by atoms with Gasteiger partial charge in [-0.15, -0.1) is 0 Å². The van der Waals surface area contributed by atoms with Crippen molar-refractivity contribution < 1.29 is 14.5 Å². The van der Waals surface area contributed by atoms with Crippen molar-refractivity contribution in [3.8, 4) is 0 Å². The summed E-state index contributed by atoms with van der Waals surface area (Å²) < 4.78 is 0. The second-order valence-electron chi connectivity index (χ2n) is 5.01. The Balaban J connectivity index is 2.03. The van der Waals surface area contributed by atoms with Crippen molar-refractivity contribution in [1.29, 1.82) is 0 Å². The molecule has 23 heavy (non-hydrogen) atoms. The van der Waals surface area contributed by atoms with E-state index in [9.17, 15) is 19.7 Å². The molecule has 7 heteroatoms. The predicted octanol–water partition coefficient (Wildman–Crippen LogP) is 2.29. The van der Waals surface area contributed by atoms with Crippen molar-refractivity contribution in [2.45, 2.75) is 13.8 Å². The normalized spacial score (nSPS) is 10.0. The lowest BCUT2D eigenvalue weighted by Gasteiger charge is -2.08. The second-order valence-corrected chi connectivity index (χ2v) is 5.01. The molecule has 2 rings (SSSR count). The summed E-state index contributed by atoms with van der Waals surface area (Å²) in [7, 11) is 0. The number of rotatable bonds is 3. The predicted molar refractivity (Wildman–Crippen MR) is 83.9 cm³/mol. The number of nitrogens with zero attached hydrogens (tertiary/aromatic N) is 1. The summed E-state index contributed by atoms with van der Waals surface area (Å²) in [6.45, 7) is 3.81. The first-order valence-electron chi connectivity index (χ1n) is 6.81. The zero-order valence-electron chi connectivity index (χ0n) is 12.6. The summed E-state index contributed by atoms with van der Waals surface area (Å²) in [6.07, 6.45) is 0. The third kappa shape index (κ3) is 3.91. The Morgan fingerprint density at radius 1 is 0.913 bits per heavy atom. The minimum absolute atomic E-state index is 0.0830. The molecule has 2 amide bonds. The molecule has 7 nitrogen and oxygen atoms in total. The van der Waals surface area contributed by atoms with E-state index in [1.54, 1.807) is 12.1 Å². The molecule has 2 N–H and O–H groups in total. The van der Waals surface area contributed by atoms with Crippen molar-refractivity contribution >= 4 is 17.5 Å². The molecule has 118 valence electrons. The number of benzene rings is 2. The van der Waals surface area contributed by atoms with Crippen LogP contribution in [0.3, 0.4) is 0 Å². The maximum Gasteiger partial charge on any atom is 0.270 e. The monoisotopic (exact) mass is 313 g/mol. The van der Waals surface area contributed by atoms with Gasteiger partial charge < -0.3 is 0 Å². The van der Waals surface area contributed by atoms with E-state index in [4.69, 9.17) is 0 Å². The first-order chi connectivity index (χ1) is 10.9. The smallest absolute Gasteiger partial charge is 0.267 e. The third-order valence-corrected chi connectivity index (χ3v) is 3.38. The van der Waals surface area contributed by atoms with Crippen LogP contribution in [0.15, 0.2) is 42.5 Å². The van der Waals surface area contributed by atoms with Crippen molar-refractivity contribution in [3.63, 3.8) is 0 Å². The fourth-order valence-electron chi connectivity index (χ4n) is 1.90. The number of nitro benzene ring substituents is 1. The van der Waals surface area contributed by atoms with Crippen LogP contribution in [-0.2, 0) is 0 Å². The van der Waals surface area contributed by atoms with E-state index in [-0.39, 0.29) is 11.3 Å². The van der Waals surface area contributed by atoms with E-state index in [2.05, 4.69) is 10.9 Å². The first kappa shape index (κ1) is 16.2. The van der Waals surface area contributed by atoms with Gasteiger partial charge in [0.25, 0.3) is 17.5 Å². The molecule has 0 bridgehead atoms. The van der Waals surface area contributed by atoms with Crippen LogP contribution in [0.2, 0.25) is 0 Å². The standard InChI is InChI=1S/C16H15N3O4/c1-10-6-7-13(8-11(10)2)16(21)18-17-15(20)12-4-3-5-14(9-12)19(22)23/h3-9H,1-2H3,(H,17,20)(H,18,21). The quantitative estimate of drug-likeness (QED) is 0.670. The van der Waals surface area contributed by atoms with E-state index in [1.807, 2.05) is 19.9 Å². The fraction of sp³-hybridized carbons (Fsp3) is 0.125. The van der Waals surface area contributed by atoms with Gasteiger partial charge in [-0.1, -0.05) is 12.1 Å². The summed E-state index contributed by atoms with van der Waals surface area (Å²) in [6, 6.07) is 10.4. The maximum atomic E-state index is 12.0. The van der Waals surface area contributed by atoms with Gasteiger partial charge in [0.2, 0.25) is 0 Å². The number of hydrogen-bond acceptors (Lipinski definition) is 4. The largest absolute Gasteiger partial charge is 0.270 e. The molecule has 0 aliphatic heterocycles. The van der Waals surface area contributed by atoms with E-state index in [1.165, 1.54) is 18.2 Å². The van der Waals surface area contributed by atoms with Crippen LogP contribution in [0.4, 0.5) is 5.69 Å². The van der Waals surface area contributed by atoms with Gasteiger partial charge in [0.1, 0.15) is 0 Å². The lowest BCUT2D eigenvalue weighted by molar-refractivity contribution is -0.384. The van der Waals surface area contributed by atoms with Crippen LogP contribution in [0.25, 0.3) is 0 Å². The maximum absolute atomic E-state index is 12.0. The lowest BCUT2D eigenvalue weighted by Crippen LogP contribution is -2.41. The Morgan fingerprint density at radius 2 is 1.52 bits per heavy atom. The summed E-state index contributed by atoms with van der Waals surface area (Å²) in [5.74, 6) is -1.10. The molecule has 0 radical (unpaired) electrons. The van der Waals surface area contributed by atoms with Crippen LogP contribution in [-0.4, -0.2) is 16.7 Å². The Morgan fingerprint density at radius 3 is 2.09 bits per heavy atom. The molecule has 2 aromatic rings. The Kier molecular flexibility index (Phi) is 4.70. The SMILES string of the molecule is Cc1ccc(C(=O)NNC(=O)c2cccc([N+](=O)[O-])c2)cc1C. The molecule has 0 saturated carbocycles. The van der Waals surface area contributed by atoms with Crippen molar-refractivity contribution in [2.24, 2.45) is 0 Å². The number of nitrogens with one attached hydrogen (secondary N) is 2. The number of nitro groups is 1. The van der Waals surface area contributed by atoms with Crippen molar-refractivity contribution in [1.82, 2.24) is 10.9 Å². The highest BCUT2D eigenvalue weighted by atomic mass is 16.6. The summed E-state index contributed by atoms with van der Waals surface area (Å²) >= 11 is 0. The Labute approximate surface area is 132 Å². The number of amides is 2. The molecular weight excluding hydrogens is 298 g/mol. The molecule has 0 aromatic heterocycles. The molecule has 0 aliphatic rings. The summed E-state index contributed by atoms with van der Waals surface area (Å²) in [5.41, 5.74) is 6.84. The van der Waals surface area contributed by atoms with Crippen molar-refractivity contribution in [2.75, 3.05) is 0 Å². The minimum Gasteiger partial charge on any atom is -0.267 e. The lowest BCUT2D eigenvalue weighted by atomic mass is 10.1. The Hall–Kier alpha value is -3.22. The highest BCUT2D eigenvalue weighted by Gasteiger charge is 2.13. The van der Waals surface area contributed by atoms with Crippen LogP contribution >= 0.6 is 0 Å². The highest BCUT2D eigenvalue weighted by Crippen LogP contribution is 2.13. The van der Waals surface area contributed by atoms with Crippen LogP contribution < -0.4 is 10.9 Å². The van der Waals surface area contributed by atoms with Gasteiger partial charge in [-0.2, -0.15) is 0 Å². The molecule has 0 heterocycles. The molecule has 0 fully saturated rings. The van der Waals surface area contributed by atoms with Gasteiger partial charge in [-0.3, -0.25) is 30.6 Å². The zero-order valence-corrected chi connectivity index (χ0v) is 12.6. The highest BCUT2D eigenvalue weighted by molar-refractivity contribution is 5.99. The number of carbonyl (C=O) groups excluding carboxylic acids is 2. The van der Waals surface area contributed by atoms with Crippen LogP contribution in [0.5, 0.6) is 0 Å². The van der Waals surface area contributed by atoms with E-state index in [0.717, 1.165) is 17.2 Å².